The fraction of sp³-hybridized carbons (Fsp3) is 0.471. The van der Waals surface area contributed by atoms with Crippen LogP contribution in [0.3, 0.4) is 0 Å². The van der Waals surface area contributed by atoms with Crippen molar-refractivity contribution in [1.29, 1.82) is 0 Å². The largest absolute Gasteiger partial charge is 0.341 e. The number of rotatable bonds is 6. The van der Waals surface area contributed by atoms with Crippen molar-refractivity contribution in [2.24, 2.45) is 0 Å². The number of carbonyl (C=O) groups excluding carboxylic acids is 3. The van der Waals surface area contributed by atoms with Gasteiger partial charge in [0.1, 0.15) is 0 Å². The fourth-order valence-corrected chi connectivity index (χ4v) is 4.42. The van der Waals surface area contributed by atoms with Gasteiger partial charge >= 0.3 is 0 Å². The maximum Gasteiger partial charge on any atom is 0.261 e. The van der Waals surface area contributed by atoms with Crippen molar-refractivity contribution < 1.29 is 22.8 Å². The molecule has 0 aromatic heterocycles. The summed E-state index contributed by atoms with van der Waals surface area (Å²) in [4.78, 5) is 39.3. The molecule has 0 saturated carbocycles. The second-order valence-electron chi connectivity index (χ2n) is 6.50. The molecule has 1 atom stereocenters. The quantitative estimate of drug-likeness (QED) is 0.712. The van der Waals surface area contributed by atoms with E-state index in [0.717, 1.165) is 17.7 Å². The molecule has 2 heterocycles. The molecule has 1 fully saturated rings. The number of nitrogens with zero attached hydrogens (tertiary/aromatic N) is 2. The molecule has 9 heteroatoms. The number of fused-ring (bicyclic) bond motifs is 1. The average Bonchev–Trinajstić information content (AvgIpc) is 3.21. The van der Waals surface area contributed by atoms with Crippen LogP contribution in [-0.2, 0) is 14.8 Å². The molecular formula is C17H21N3O5S. The third-order valence-electron chi connectivity index (χ3n) is 4.61. The summed E-state index contributed by atoms with van der Waals surface area (Å²) >= 11 is 0. The Hall–Kier alpha value is -2.26. The lowest BCUT2D eigenvalue weighted by atomic mass is 10.1. The molecule has 1 N–H and O–H groups in total. The van der Waals surface area contributed by atoms with E-state index in [1.165, 1.54) is 6.92 Å². The Labute approximate surface area is 152 Å². The second-order valence-corrected chi connectivity index (χ2v) is 8.37. The van der Waals surface area contributed by atoms with Gasteiger partial charge in [-0.2, -0.15) is 0 Å². The van der Waals surface area contributed by atoms with Crippen LogP contribution < -0.4 is 4.72 Å². The number of imide groups is 1. The van der Waals surface area contributed by atoms with Crippen molar-refractivity contribution >= 4 is 27.7 Å². The number of hydrogen-bond donors (Lipinski definition) is 1. The lowest BCUT2D eigenvalue weighted by Crippen LogP contribution is -2.47. The predicted molar refractivity (Wildman–Crippen MR) is 94.0 cm³/mol. The zero-order chi connectivity index (χ0) is 18.9. The third-order valence-corrected chi connectivity index (χ3v) is 6.04. The smallest absolute Gasteiger partial charge is 0.261 e. The minimum atomic E-state index is -3.82. The van der Waals surface area contributed by atoms with Crippen molar-refractivity contribution in [3.05, 3.63) is 35.4 Å². The maximum atomic E-state index is 12.3. The zero-order valence-electron chi connectivity index (χ0n) is 14.5. The molecule has 0 bridgehead atoms. The van der Waals surface area contributed by atoms with E-state index in [0.29, 0.717) is 13.1 Å². The minimum Gasteiger partial charge on any atom is -0.341 e. The van der Waals surface area contributed by atoms with E-state index in [1.807, 2.05) is 0 Å². The summed E-state index contributed by atoms with van der Waals surface area (Å²) in [6.07, 6.45) is 1.84. The van der Waals surface area contributed by atoms with Crippen LogP contribution in [0.4, 0.5) is 0 Å². The van der Waals surface area contributed by atoms with Crippen molar-refractivity contribution in [3.63, 3.8) is 0 Å². The molecule has 3 rings (SSSR count). The molecule has 8 nitrogen and oxygen atoms in total. The standard InChI is InChI=1S/C17H21N3O5S/c1-12(15(21)19-8-4-5-9-19)18-26(24,25)11-10-20-16(22)13-6-2-3-7-14(13)17(20)23/h2-3,6-7,12,18H,4-5,8-11H2,1H3/t12-/m0/s1. The van der Waals surface area contributed by atoms with E-state index in [-0.39, 0.29) is 23.6 Å². The first-order valence-electron chi connectivity index (χ1n) is 8.54. The van der Waals surface area contributed by atoms with Crippen LogP contribution in [0.1, 0.15) is 40.5 Å². The van der Waals surface area contributed by atoms with E-state index in [2.05, 4.69) is 4.72 Å². The van der Waals surface area contributed by atoms with E-state index >= 15 is 0 Å². The highest BCUT2D eigenvalue weighted by atomic mass is 32.2. The number of benzene rings is 1. The normalized spacial score (nSPS) is 18.3. The molecular weight excluding hydrogens is 358 g/mol. The van der Waals surface area contributed by atoms with E-state index in [4.69, 9.17) is 0 Å². The van der Waals surface area contributed by atoms with Gasteiger partial charge in [0.05, 0.1) is 22.9 Å². The van der Waals surface area contributed by atoms with Crippen LogP contribution in [0.2, 0.25) is 0 Å². The maximum absolute atomic E-state index is 12.3. The highest BCUT2D eigenvalue weighted by Gasteiger charge is 2.36. The van der Waals surface area contributed by atoms with Gasteiger partial charge in [0.15, 0.2) is 0 Å². The number of sulfonamides is 1. The Balaban J connectivity index is 1.59. The summed E-state index contributed by atoms with van der Waals surface area (Å²) in [7, 11) is -3.82. The fourth-order valence-electron chi connectivity index (χ4n) is 3.24. The van der Waals surface area contributed by atoms with Gasteiger partial charge in [0.2, 0.25) is 15.9 Å². The monoisotopic (exact) mass is 379 g/mol. The topological polar surface area (TPSA) is 104 Å². The van der Waals surface area contributed by atoms with Crippen LogP contribution in [0, 0.1) is 0 Å². The van der Waals surface area contributed by atoms with Crippen LogP contribution >= 0.6 is 0 Å². The lowest BCUT2D eigenvalue weighted by molar-refractivity contribution is -0.131. The molecule has 0 radical (unpaired) electrons. The van der Waals surface area contributed by atoms with Crippen molar-refractivity contribution in [2.75, 3.05) is 25.4 Å². The molecule has 2 aliphatic rings. The molecule has 0 aliphatic carbocycles. The number of nitrogens with one attached hydrogen (secondary N) is 1. The van der Waals surface area contributed by atoms with Gasteiger partial charge in [-0.25, -0.2) is 13.1 Å². The first kappa shape index (κ1) is 18.5. The summed E-state index contributed by atoms with van der Waals surface area (Å²) in [5.41, 5.74) is 0.556. The molecule has 0 spiro atoms. The highest BCUT2D eigenvalue weighted by molar-refractivity contribution is 7.89. The Morgan fingerprint density at radius 1 is 1.12 bits per heavy atom. The van der Waals surface area contributed by atoms with Crippen LogP contribution in [0.25, 0.3) is 0 Å². The molecule has 0 unspecified atom stereocenters. The molecule has 2 aliphatic heterocycles. The van der Waals surface area contributed by atoms with Gasteiger partial charge in [-0.05, 0) is 31.9 Å². The predicted octanol–water partition coefficient (Wildman–Crippen LogP) is 0.213. The van der Waals surface area contributed by atoms with Gasteiger partial charge in [0, 0.05) is 19.6 Å². The Bertz CT molecular complexity index is 811. The van der Waals surface area contributed by atoms with Crippen molar-refractivity contribution in [1.82, 2.24) is 14.5 Å². The molecule has 26 heavy (non-hydrogen) atoms. The number of carbonyl (C=O) groups is 3. The Kier molecular flexibility index (Phi) is 5.10. The summed E-state index contributed by atoms with van der Waals surface area (Å²) in [6, 6.07) is 5.51. The Morgan fingerprint density at radius 3 is 2.19 bits per heavy atom. The van der Waals surface area contributed by atoms with Crippen LogP contribution in [-0.4, -0.2) is 67.4 Å². The molecule has 1 aromatic carbocycles. The van der Waals surface area contributed by atoms with Crippen molar-refractivity contribution in [2.45, 2.75) is 25.8 Å². The molecule has 3 amide bonds. The average molecular weight is 379 g/mol. The van der Waals surface area contributed by atoms with E-state index in [9.17, 15) is 22.8 Å². The third kappa shape index (κ3) is 3.63. The van der Waals surface area contributed by atoms with Gasteiger partial charge < -0.3 is 4.90 Å². The molecule has 1 aromatic rings. The lowest BCUT2D eigenvalue weighted by Gasteiger charge is -2.21. The second kappa shape index (κ2) is 7.16. The van der Waals surface area contributed by atoms with Crippen LogP contribution in [0.15, 0.2) is 24.3 Å². The van der Waals surface area contributed by atoms with Crippen LogP contribution in [0.5, 0.6) is 0 Å². The number of hydrogen-bond acceptors (Lipinski definition) is 5. The zero-order valence-corrected chi connectivity index (χ0v) is 15.3. The SMILES string of the molecule is C[C@H](NS(=O)(=O)CCN1C(=O)c2ccccc2C1=O)C(=O)N1CCCC1. The number of amides is 3. The molecule has 1 saturated heterocycles. The van der Waals surface area contributed by atoms with Crippen molar-refractivity contribution in [3.8, 4) is 0 Å². The first-order valence-corrected chi connectivity index (χ1v) is 10.2. The summed E-state index contributed by atoms with van der Waals surface area (Å²) in [5, 5.41) is 0. The van der Waals surface area contributed by atoms with Gasteiger partial charge in [-0.1, -0.05) is 12.1 Å². The number of likely N-dealkylation sites (tertiary alicyclic amines) is 1. The van der Waals surface area contributed by atoms with Gasteiger partial charge in [-0.15, -0.1) is 0 Å². The van der Waals surface area contributed by atoms with E-state index < -0.39 is 33.6 Å². The Morgan fingerprint density at radius 2 is 1.65 bits per heavy atom. The first-order chi connectivity index (χ1) is 12.3. The summed E-state index contributed by atoms with van der Waals surface area (Å²) in [5.74, 6) is -1.70. The molecule has 140 valence electrons. The minimum absolute atomic E-state index is 0.258. The highest BCUT2D eigenvalue weighted by Crippen LogP contribution is 2.22. The van der Waals surface area contributed by atoms with E-state index in [1.54, 1.807) is 29.2 Å². The van der Waals surface area contributed by atoms with Gasteiger partial charge in [-0.3, -0.25) is 19.3 Å². The summed E-state index contributed by atoms with van der Waals surface area (Å²) < 4.78 is 26.9. The summed E-state index contributed by atoms with van der Waals surface area (Å²) in [6.45, 7) is 2.52. The van der Waals surface area contributed by atoms with Gasteiger partial charge in [0.25, 0.3) is 11.8 Å².